The van der Waals surface area contributed by atoms with Crippen LogP contribution in [0.25, 0.3) is 0 Å². The van der Waals surface area contributed by atoms with Crippen LogP contribution in [-0.2, 0) is 23.9 Å². The molecule has 0 radical (unpaired) electrons. The van der Waals surface area contributed by atoms with Gasteiger partial charge in [-0.2, -0.15) is 0 Å². The first-order valence-electron chi connectivity index (χ1n) is 13.0. The molecule has 0 bridgehead atoms. The number of aliphatic carboxylic acids is 1. The van der Waals surface area contributed by atoms with Crippen LogP contribution in [-0.4, -0.2) is 83.0 Å². The van der Waals surface area contributed by atoms with E-state index in [1.165, 1.54) is 4.90 Å². The average Bonchev–Trinajstić information content (AvgIpc) is 3.08. The normalized spacial score (nSPS) is 23.4. The van der Waals surface area contributed by atoms with Crippen LogP contribution in [0.5, 0.6) is 0 Å². The van der Waals surface area contributed by atoms with Crippen LogP contribution in [0, 0.1) is 22.7 Å². The van der Waals surface area contributed by atoms with Gasteiger partial charge < -0.3 is 30.7 Å². The molecule has 0 aromatic carbocycles. The maximum absolute atomic E-state index is 13.8. The molecule has 2 fully saturated rings. The number of alkyl carbamates (subject to hydrolysis) is 1. The molecular formula is C26H42F2N4O7. The number of fused-ring (bicyclic) bond motifs is 1. The van der Waals surface area contributed by atoms with E-state index in [-0.39, 0.29) is 30.3 Å². The predicted octanol–water partition coefficient (Wildman–Crippen LogP) is 2.14. The summed E-state index contributed by atoms with van der Waals surface area (Å²) in [7, 11) is 0. The van der Waals surface area contributed by atoms with Crippen LogP contribution in [0.4, 0.5) is 13.6 Å². The third-order valence-electron chi connectivity index (χ3n) is 7.22. The smallest absolute Gasteiger partial charge is 0.408 e. The Bertz CT molecular complexity index is 974. The van der Waals surface area contributed by atoms with E-state index < -0.39 is 78.2 Å². The van der Waals surface area contributed by atoms with Gasteiger partial charge in [0.2, 0.25) is 24.1 Å². The van der Waals surface area contributed by atoms with E-state index in [1.807, 2.05) is 13.8 Å². The minimum Gasteiger partial charge on any atom is -0.481 e. The van der Waals surface area contributed by atoms with Crippen LogP contribution in [0.15, 0.2) is 0 Å². The Morgan fingerprint density at radius 1 is 1.05 bits per heavy atom. The number of hydrogen-bond donors (Lipinski definition) is 4. The maximum Gasteiger partial charge on any atom is 0.408 e. The van der Waals surface area contributed by atoms with E-state index in [0.717, 1.165) is 0 Å². The molecule has 1 saturated carbocycles. The van der Waals surface area contributed by atoms with Crippen LogP contribution >= 0.6 is 0 Å². The van der Waals surface area contributed by atoms with Crippen molar-refractivity contribution in [3.8, 4) is 0 Å². The number of carboxylic acid groups (broad SMARTS) is 1. The molecule has 1 heterocycles. The van der Waals surface area contributed by atoms with Crippen LogP contribution < -0.4 is 16.0 Å². The molecule has 39 heavy (non-hydrogen) atoms. The summed E-state index contributed by atoms with van der Waals surface area (Å²) in [5, 5.41) is 16.0. The molecule has 4 N–H and O–H groups in total. The zero-order chi connectivity index (χ0) is 30.1. The number of nitrogens with one attached hydrogen (secondary N) is 3. The van der Waals surface area contributed by atoms with E-state index in [1.54, 1.807) is 41.5 Å². The first-order valence-corrected chi connectivity index (χ1v) is 13.0. The first kappa shape index (κ1) is 32.2. The minimum absolute atomic E-state index is 0.0303. The molecule has 0 aromatic rings. The Balaban J connectivity index is 2.28. The van der Waals surface area contributed by atoms with Crippen molar-refractivity contribution in [3.05, 3.63) is 0 Å². The number of piperidine rings is 1. The topological polar surface area (TPSA) is 154 Å². The third kappa shape index (κ3) is 8.25. The number of likely N-dealkylation sites (tertiary alicyclic amines) is 1. The molecule has 2 aliphatic rings. The van der Waals surface area contributed by atoms with Gasteiger partial charge in [-0.25, -0.2) is 13.6 Å². The lowest BCUT2D eigenvalue weighted by atomic mass is 9.85. The van der Waals surface area contributed by atoms with Crippen molar-refractivity contribution < 1.29 is 42.6 Å². The number of halogens is 2. The molecule has 222 valence electrons. The van der Waals surface area contributed by atoms with Gasteiger partial charge in [0.05, 0.1) is 6.42 Å². The van der Waals surface area contributed by atoms with Crippen molar-refractivity contribution in [2.24, 2.45) is 22.7 Å². The molecule has 1 aliphatic heterocycles. The Labute approximate surface area is 227 Å². The standard InChI is InChI=1S/C26H42F2N4O7/c1-24(2,3)19(31-23(38)39-25(4,5)6)22(37)32-12-13-17(26(13,7)8)18(32)21(36)30-14(11-15(27)28)20(35)29-10-9-16(33)34/h13-15,17-19H,9-12H2,1-8H3,(H,29,35)(H,30,36)(H,31,38)(H,33,34)/t13-,14-,17-,18-,19+/m0/s1. The number of ether oxygens (including phenoxy) is 1. The van der Waals surface area contributed by atoms with E-state index in [4.69, 9.17) is 9.84 Å². The van der Waals surface area contributed by atoms with Crippen molar-refractivity contribution in [1.29, 1.82) is 0 Å². The second kappa shape index (κ2) is 11.6. The lowest BCUT2D eigenvalue weighted by molar-refractivity contribution is -0.144. The van der Waals surface area contributed by atoms with E-state index >= 15 is 0 Å². The number of rotatable bonds is 10. The lowest BCUT2D eigenvalue weighted by Crippen LogP contribution is -2.61. The number of alkyl halides is 2. The molecule has 1 saturated heterocycles. The summed E-state index contributed by atoms with van der Waals surface area (Å²) in [5.74, 6) is -3.70. The second-order valence-corrected chi connectivity index (χ2v) is 13.0. The van der Waals surface area contributed by atoms with E-state index in [0.29, 0.717) is 0 Å². The number of carbonyl (C=O) groups is 5. The van der Waals surface area contributed by atoms with Gasteiger partial charge in [-0.05, 0) is 43.4 Å². The quantitative estimate of drug-likeness (QED) is 0.319. The third-order valence-corrected chi connectivity index (χ3v) is 7.22. The highest BCUT2D eigenvalue weighted by Crippen LogP contribution is 2.65. The summed E-state index contributed by atoms with van der Waals surface area (Å²) in [6.45, 7) is 14.1. The van der Waals surface area contributed by atoms with Crippen LogP contribution in [0.1, 0.15) is 68.2 Å². The number of nitrogens with zero attached hydrogens (tertiary/aromatic N) is 1. The van der Waals surface area contributed by atoms with Crippen molar-refractivity contribution >= 4 is 29.8 Å². The highest BCUT2D eigenvalue weighted by molar-refractivity contribution is 5.95. The number of hydrogen-bond acceptors (Lipinski definition) is 6. The van der Waals surface area contributed by atoms with Gasteiger partial charge in [0.15, 0.2) is 0 Å². The highest BCUT2D eigenvalue weighted by Gasteiger charge is 2.70. The molecule has 1 aliphatic carbocycles. The zero-order valence-corrected chi connectivity index (χ0v) is 23.9. The fraction of sp³-hybridized carbons (Fsp3) is 0.808. The molecule has 2 rings (SSSR count). The lowest BCUT2D eigenvalue weighted by Gasteiger charge is -2.38. The molecule has 5 atom stereocenters. The molecule has 11 nitrogen and oxygen atoms in total. The fourth-order valence-corrected chi connectivity index (χ4v) is 5.14. The molecule has 0 unspecified atom stereocenters. The highest BCUT2D eigenvalue weighted by atomic mass is 19.3. The summed E-state index contributed by atoms with van der Waals surface area (Å²) < 4.78 is 31.9. The fourth-order valence-electron chi connectivity index (χ4n) is 5.14. The Kier molecular flexibility index (Phi) is 9.61. The molecule has 13 heteroatoms. The van der Waals surface area contributed by atoms with Crippen molar-refractivity contribution in [1.82, 2.24) is 20.9 Å². The monoisotopic (exact) mass is 560 g/mol. The maximum atomic E-state index is 13.8. The second-order valence-electron chi connectivity index (χ2n) is 13.0. The average molecular weight is 561 g/mol. The number of amides is 4. The summed E-state index contributed by atoms with van der Waals surface area (Å²) in [4.78, 5) is 64.5. The zero-order valence-electron chi connectivity index (χ0n) is 23.9. The SMILES string of the molecule is CC(C)(C)OC(=O)N[C@H](C(=O)N1C[C@H]2[C@@H]([C@H]1C(=O)N[C@@H](CC(F)F)C(=O)NCCC(=O)O)C2(C)C)C(C)(C)C. The summed E-state index contributed by atoms with van der Waals surface area (Å²) in [5.41, 5.74) is -1.86. The minimum atomic E-state index is -2.92. The summed E-state index contributed by atoms with van der Waals surface area (Å²) >= 11 is 0. The van der Waals surface area contributed by atoms with Crippen molar-refractivity contribution in [2.45, 2.75) is 98.4 Å². The van der Waals surface area contributed by atoms with Crippen LogP contribution in [0.3, 0.4) is 0 Å². The van der Waals surface area contributed by atoms with E-state index in [2.05, 4.69) is 16.0 Å². The molecule has 0 aromatic heterocycles. The largest absolute Gasteiger partial charge is 0.481 e. The van der Waals surface area contributed by atoms with Crippen molar-refractivity contribution in [3.63, 3.8) is 0 Å². The molecular weight excluding hydrogens is 518 g/mol. The van der Waals surface area contributed by atoms with Crippen LogP contribution in [0.2, 0.25) is 0 Å². The van der Waals surface area contributed by atoms with Crippen molar-refractivity contribution in [2.75, 3.05) is 13.1 Å². The van der Waals surface area contributed by atoms with Gasteiger partial charge in [0, 0.05) is 19.5 Å². The van der Waals surface area contributed by atoms with E-state index in [9.17, 15) is 32.8 Å². The van der Waals surface area contributed by atoms with Gasteiger partial charge in [-0.3, -0.25) is 19.2 Å². The van der Waals surface area contributed by atoms with Gasteiger partial charge in [0.25, 0.3) is 0 Å². The van der Waals surface area contributed by atoms with Gasteiger partial charge >= 0.3 is 12.1 Å². The van der Waals surface area contributed by atoms with Gasteiger partial charge in [0.1, 0.15) is 23.7 Å². The predicted molar refractivity (Wildman–Crippen MR) is 137 cm³/mol. The Morgan fingerprint density at radius 2 is 1.64 bits per heavy atom. The Hall–Kier alpha value is -2.99. The first-order chi connectivity index (χ1) is 17.7. The van der Waals surface area contributed by atoms with Gasteiger partial charge in [-0.15, -0.1) is 0 Å². The number of carbonyl (C=O) groups excluding carboxylic acids is 4. The number of carboxylic acids is 1. The summed E-state index contributed by atoms with van der Waals surface area (Å²) in [6.07, 6.45) is -5.11. The molecule has 0 spiro atoms. The molecule has 4 amide bonds. The Morgan fingerprint density at radius 3 is 2.13 bits per heavy atom. The summed E-state index contributed by atoms with van der Waals surface area (Å²) in [6, 6.07) is -3.73. The van der Waals surface area contributed by atoms with Gasteiger partial charge in [-0.1, -0.05) is 34.6 Å².